The Hall–Kier alpha value is -3.78. The van der Waals surface area contributed by atoms with E-state index in [9.17, 15) is 14.9 Å². The average molecular weight is 411 g/mol. The summed E-state index contributed by atoms with van der Waals surface area (Å²) in [5.74, 6) is -0.333. The first kappa shape index (κ1) is 20.0. The van der Waals surface area contributed by atoms with Crippen LogP contribution in [0, 0.1) is 10.1 Å². The summed E-state index contributed by atoms with van der Waals surface area (Å²) >= 11 is 6.09. The lowest BCUT2D eigenvalue weighted by Crippen LogP contribution is -2.20. The third-order valence-corrected chi connectivity index (χ3v) is 4.19. The van der Waals surface area contributed by atoms with Crippen LogP contribution in [0.25, 0.3) is 0 Å². The van der Waals surface area contributed by atoms with Gasteiger partial charge in [0.1, 0.15) is 0 Å². The fraction of sp³-hybridized carbons (Fsp3) is 0.0500. The maximum absolute atomic E-state index is 12.4. The standard InChI is InChI=1S/C20H15ClN4O4/c1-29-18-6-5-15(12-17(18)25(27)28)19(14-3-2-4-16(21)11-14)23-24-20(26)13-7-9-22-10-8-13/h2-12H,1H3,(H,24,26). The molecule has 0 aliphatic heterocycles. The highest BCUT2D eigenvalue weighted by molar-refractivity contribution is 6.31. The second-order valence-electron chi connectivity index (χ2n) is 5.79. The molecule has 29 heavy (non-hydrogen) atoms. The van der Waals surface area contributed by atoms with E-state index in [1.807, 2.05) is 0 Å². The van der Waals surface area contributed by atoms with Crippen molar-refractivity contribution in [1.82, 2.24) is 10.4 Å². The number of hydrogen-bond donors (Lipinski definition) is 1. The summed E-state index contributed by atoms with van der Waals surface area (Å²) in [5, 5.41) is 16.1. The van der Waals surface area contributed by atoms with Gasteiger partial charge in [-0.15, -0.1) is 0 Å². The quantitative estimate of drug-likeness (QED) is 0.377. The molecular weight excluding hydrogens is 396 g/mol. The van der Waals surface area contributed by atoms with Crippen LogP contribution in [0.3, 0.4) is 0 Å². The van der Waals surface area contributed by atoms with Crippen molar-refractivity contribution < 1.29 is 14.5 Å². The highest BCUT2D eigenvalue weighted by Crippen LogP contribution is 2.29. The number of nitrogens with zero attached hydrogens (tertiary/aromatic N) is 3. The fourth-order valence-electron chi connectivity index (χ4n) is 2.59. The van der Waals surface area contributed by atoms with Crippen molar-refractivity contribution in [3.63, 3.8) is 0 Å². The minimum Gasteiger partial charge on any atom is -0.490 e. The Morgan fingerprint density at radius 1 is 1.10 bits per heavy atom. The molecule has 1 N–H and O–H groups in total. The number of amides is 1. The normalized spacial score (nSPS) is 11.0. The SMILES string of the molecule is COc1ccc(C(=NNC(=O)c2ccncc2)c2cccc(Cl)c2)cc1[N+](=O)[O-]. The number of carbonyl (C=O) groups is 1. The number of nitro groups is 1. The second kappa shape index (κ2) is 8.94. The smallest absolute Gasteiger partial charge is 0.311 e. The molecule has 1 amide bonds. The summed E-state index contributed by atoms with van der Waals surface area (Å²) in [4.78, 5) is 27.1. The molecule has 0 saturated carbocycles. The molecule has 8 nitrogen and oxygen atoms in total. The first-order valence-corrected chi connectivity index (χ1v) is 8.74. The van der Waals surface area contributed by atoms with Gasteiger partial charge in [0.15, 0.2) is 5.75 Å². The molecule has 0 fully saturated rings. The lowest BCUT2D eigenvalue weighted by Gasteiger charge is -2.10. The van der Waals surface area contributed by atoms with Crippen LogP contribution >= 0.6 is 11.6 Å². The Balaban J connectivity index is 2.05. The number of nitrogens with one attached hydrogen (secondary N) is 1. The Morgan fingerprint density at radius 3 is 2.48 bits per heavy atom. The highest BCUT2D eigenvalue weighted by atomic mass is 35.5. The Bertz CT molecular complexity index is 1090. The van der Waals surface area contributed by atoms with E-state index < -0.39 is 10.8 Å². The van der Waals surface area contributed by atoms with Crippen LogP contribution < -0.4 is 10.2 Å². The molecule has 2 aromatic carbocycles. The number of carbonyl (C=O) groups excluding carboxylic acids is 1. The van der Waals surface area contributed by atoms with Crippen LogP contribution in [0.5, 0.6) is 5.75 Å². The maximum atomic E-state index is 12.4. The van der Waals surface area contributed by atoms with Crippen LogP contribution in [0.15, 0.2) is 72.1 Å². The van der Waals surface area contributed by atoms with Crippen LogP contribution in [-0.4, -0.2) is 28.6 Å². The number of methoxy groups -OCH3 is 1. The third-order valence-electron chi connectivity index (χ3n) is 3.96. The van der Waals surface area contributed by atoms with Crippen LogP contribution in [0.4, 0.5) is 5.69 Å². The van der Waals surface area contributed by atoms with Gasteiger partial charge in [0.2, 0.25) is 0 Å². The number of hydrazone groups is 1. The van der Waals surface area contributed by atoms with Crippen LogP contribution in [0.1, 0.15) is 21.5 Å². The van der Waals surface area contributed by atoms with E-state index in [0.717, 1.165) is 0 Å². The van der Waals surface area contributed by atoms with E-state index in [0.29, 0.717) is 27.4 Å². The van der Waals surface area contributed by atoms with Crippen molar-refractivity contribution in [2.75, 3.05) is 7.11 Å². The lowest BCUT2D eigenvalue weighted by molar-refractivity contribution is -0.385. The molecule has 1 heterocycles. The van der Waals surface area contributed by atoms with Gasteiger partial charge in [0, 0.05) is 40.2 Å². The molecule has 0 spiro atoms. The average Bonchev–Trinajstić information content (AvgIpc) is 2.74. The van der Waals surface area contributed by atoms with Crippen molar-refractivity contribution in [2.24, 2.45) is 5.10 Å². The van der Waals surface area contributed by atoms with Crippen molar-refractivity contribution in [2.45, 2.75) is 0 Å². The van der Waals surface area contributed by atoms with Crippen LogP contribution in [0.2, 0.25) is 5.02 Å². The molecule has 0 unspecified atom stereocenters. The van der Waals surface area contributed by atoms with Crippen molar-refractivity contribution >= 4 is 28.9 Å². The van der Waals surface area contributed by atoms with Gasteiger partial charge in [-0.1, -0.05) is 23.7 Å². The number of ether oxygens (including phenoxy) is 1. The number of aromatic nitrogens is 1. The van der Waals surface area contributed by atoms with Gasteiger partial charge in [-0.05, 0) is 36.4 Å². The zero-order valence-corrected chi connectivity index (χ0v) is 16.0. The fourth-order valence-corrected chi connectivity index (χ4v) is 2.78. The Morgan fingerprint density at radius 2 is 1.83 bits per heavy atom. The number of rotatable bonds is 6. The molecule has 0 aliphatic rings. The molecular formula is C20H15ClN4O4. The molecule has 9 heteroatoms. The first-order chi connectivity index (χ1) is 14.0. The molecule has 3 rings (SSSR count). The Labute approximate surface area is 171 Å². The van der Waals surface area contributed by atoms with Gasteiger partial charge in [-0.25, -0.2) is 5.43 Å². The first-order valence-electron chi connectivity index (χ1n) is 8.36. The van der Waals surface area contributed by atoms with E-state index in [2.05, 4.69) is 15.5 Å². The second-order valence-corrected chi connectivity index (χ2v) is 6.23. The van der Waals surface area contributed by atoms with E-state index >= 15 is 0 Å². The van der Waals surface area contributed by atoms with Crippen molar-refractivity contribution in [1.29, 1.82) is 0 Å². The molecule has 146 valence electrons. The van der Waals surface area contributed by atoms with Gasteiger partial charge < -0.3 is 4.74 Å². The number of pyridine rings is 1. The summed E-state index contributed by atoms with van der Waals surface area (Å²) in [6, 6.07) is 14.3. The topological polar surface area (TPSA) is 107 Å². The summed E-state index contributed by atoms with van der Waals surface area (Å²) in [6.07, 6.45) is 2.98. The van der Waals surface area contributed by atoms with E-state index in [1.165, 1.54) is 31.6 Å². The zero-order chi connectivity index (χ0) is 20.8. The summed E-state index contributed by atoms with van der Waals surface area (Å²) in [6.45, 7) is 0. The maximum Gasteiger partial charge on any atom is 0.311 e. The monoisotopic (exact) mass is 410 g/mol. The molecule has 1 aromatic heterocycles. The molecule has 0 bridgehead atoms. The third kappa shape index (κ3) is 4.74. The van der Waals surface area contributed by atoms with Crippen molar-refractivity contribution in [3.05, 3.63) is 98.8 Å². The van der Waals surface area contributed by atoms with Gasteiger partial charge in [-0.2, -0.15) is 5.10 Å². The largest absolute Gasteiger partial charge is 0.490 e. The number of benzene rings is 2. The minimum atomic E-state index is -0.548. The van der Waals surface area contributed by atoms with Crippen molar-refractivity contribution in [3.8, 4) is 5.75 Å². The minimum absolute atomic E-state index is 0.116. The zero-order valence-electron chi connectivity index (χ0n) is 15.2. The molecule has 0 radical (unpaired) electrons. The molecule has 0 atom stereocenters. The molecule has 0 saturated heterocycles. The van der Waals surface area contributed by atoms with Crippen LogP contribution in [-0.2, 0) is 0 Å². The van der Waals surface area contributed by atoms with E-state index in [4.69, 9.17) is 16.3 Å². The number of halogens is 1. The van der Waals surface area contributed by atoms with Gasteiger partial charge in [0.25, 0.3) is 5.91 Å². The summed E-state index contributed by atoms with van der Waals surface area (Å²) < 4.78 is 5.04. The molecule has 3 aromatic rings. The summed E-state index contributed by atoms with van der Waals surface area (Å²) in [7, 11) is 1.35. The van der Waals surface area contributed by atoms with Gasteiger partial charge >= 0.3 is 5.69 Å². The van der Waals surface area contributed by atoms with Gasteiger partial charge in [0.05, 0.1) is 17.7 Å². The van der Waals surface area contributed by atoms with Gasteiger partial charge in [-0.3, -0.25) is 19.9 Å². The number of hydrogen-bond acceptors (Lipinski definition) is 6. The lowest BCUT2D eigenvalue weighted by atomic mass is 10.0. The summed E-state index contributed by atoms with van der Waals surface area (Å²) in [5.41, 5.74) is 3.91. The van der Waals surface area contributed by atoms with E-state index in [-0.39, 0.29) is 11.4 Å². The predicted molar refractivity (Wildman–Crippen MR) is 108 cm³/mol. The van der Waals surface area contributed by atoms with E-state index in [1.54, 1.807) is 42.5 Å². The highest BCUT2D eigenvalue weighted by Gasteiger charge is 2.19. The Kier molecular flexibility index (Phi) is 6.16. The molecule has 0 aliphatic carbocycles. The predicted octanol–water partition coefficient (Wildman–Crippen LogP) is 3.83. The number of nitro benzene ring substituents is 1.